The van der Waals surface area contributed by atoms with Crippen LogP contribution in [0.4, 0.5) is 0 Å². The largest absolute Gasteiger partial charge is 0.0901 e. The van der Waals surface area contributed by atoms with E-state index in [2.05, 4.69) is 72.8 Å². The number of hydrogen-bond donors (Lipinski definition) is 0. The third-order valence-electron chi connectivity index (χ3n) is 2.75. The van der Waals surface area contributed by atoms with Gasteiger partial charge in [0.05, 0.1) is 0 Å². The van der Waals surface area contributed by atoms with Crippen molar-refractivity contribution in [1.82, 2.24) is 0 Å². The van der Waals surface area contributed by atoms with Gasteiger partial charge in [-0.15, -0.1) is 0 Å². The highest BCUT2D eigenvalue weighted by molar-refractivity contribution is 8.05. The maximum Gasteiger partial charge on any atom is 0.0262 e. The van der Waals surface area contributed by atoms with E-state index in [1.807, 2.05) is 23.9 Å². The van der Waals surface area contributed by atoms with Crippen LogP contribution >= 0.6 is 23.5 Å². The second-order valence-electron chi connectivity index (χ2n) is 4.28. The van der Waals surface area contributed by atoms with Crippen LogP contribution in [-0.4, -0.2) is 0 Å². The molecule has 0 saturated carbocycles. The maximum absolute atomic E-state index is 2.14. The molecule has 0 atom stereocenters. The quantitative estimate of drug-likeness (QED) is 0.416. The van der Waals surface area contributed by atoms with Gasteiger partial charge < -0.3 is 0 Å². The molecule has 98 valence electrons. The minimum absolute atomic E-state index is 1.29. The van der Waals surface area contributed by atoms with E-state index >= 15 is 0 Å². The summed E-state index contributed by atoms with van der Waals surface area (Å²) in [5, 5.41) is 0. The van der Waals surface area contributed by atoms with Crippen molar-refractivity contribution in [2.75, 3.05) is 0 Å². The molecule has 4 rings (SSSR count). The molecule has 0 spiro atoms. The van der Waals surface area contributed by atoms with Crippen LogP contribution in [0, 0.1) is 0 Å². The molecule has 0 aromatic heterocycles. The van der Waals surface area contributed by atoms with Gasteiger partial charge in [-0.1, -0.05) is 72.1 Å². The van der Waals surface area contributed by atoms with Crippen molar-refractivity contribution in [3.05, 3.63) is 84.9 Å². The van der Waals surface area contributed by atoms with Crippen LogP contribution in [0.1, 0.15) is 0 Å². The molecule has 0 radical (unpaired) electrons. The first-order chi connectivity index (χ1) is 9.92. The molecule has 0 fully saturated rings. The third-order valence-corrected chi connectivity index (χ3v) is 4.71. The normalized spacial score (nSPS) is 11.0. The lowest BCUT2D eigenvalue weighted by atomic mass is 10.4. The molecular weight excluding hydrogens is 280 g/mol. The van der Waals surface area contributed by atoms with E-state index in [9.17, 15) is 0 Å². The van der Waals surface area contributed by atoms with Gasteiger partial charge in [-0.2, -0.15) is 0 Å². The maximum atomic E-state index is 2.14. The fraction of sp³-hybridized carbons (Fsp3) is 0. The Hall–Kier alpha value is -1.64. The fourth-order valence-electron chi connectivity index (χ4n) is 1.72. The summed E-state index contributed by atoms with van der Waals surface area (Å²) in [6, 6.07) is 29.2. The van der Waals surface area contributed by atoms with Crippen LogP contribution in [0.25, 0.3) is 0 Å². The van der Waals surface area contributed by atoms with E-state index in [1.54, 1.807) is 11.8 Å². The van der Waals surface area contributed by atoms with Gasteiger partial charge in [0.2, 0.25) is 0 Å². The Morgan fingerprint density at radius 3 is 1.30 bits per heavy atom. The highest BCUT2D eigenvalue weighted by atomic mass is 32.2. The topological polar surface area (TPSA) is 0 Å². The predicted molar refractivity (Wildman–Crippen MR) is 87.6 cm³/mol. The van der Waals surface area contributed by atoms with Crippen molar-refractivity contribution < 1.29 is 0 Å². The lowest BCUT2D eigenvalue weighted by molar-refractivity contribution is 1.38. The number of hydrogen-bond acceptors (Lipinski definition) is 2. The third kappa shape index (κ3) is 3.92. The molecule has 3 aromatic carbocycles. The first kappa shape index (κ1) is 13.3. The SMILES string of the molecule is c1ccc(Sc2ccccc2)cc1.c1ccc2c(c1)S2. The molecule has 0 aliphatic carbocycles. The van der Waals surface area contributed by atoms with Gasteiger partial charge in [0.15, 0.2) is 0 Å². The second-order valence-corrected chi connectivity index (χ2v) is 6.51. The monoisotopic (exact) mass is 294 g/mol. The summed E-state index contributed by atoms with van der Waals surface area (Å²) in [5.74, 6) is 0. The van der Waals surface area contributed by atoms with E-state index < -0.39 is 0 Å². The van der Waals surface area contributed by atoms with Crippen molar-refractivity contribution >= 4 is 23.5 Å². The van der Waals surface area contributed by atoms with Crippen molar-refractivity contribution in [2.24, 2.45) is 0 Å². The molecule has 2 heteroatoms. The summed E-state index contributed by atoms with van der Waals surface area (Å²) in [7, 11) is 0. The molecule has 20 heavy (non-hydrogen) atoms. The molecule has 0 N–H and O–H groups in total. The van der Waals surface area contributed by atoms with Gasteiger partial charge in [-0.25, -0.2) is 0 Å². The minimum atomic E-state index is 1.29. The average Bonchev–Trinajstić information content (AvgIpc) is 3.29. The summed E-state index contributed by atoms with van der Waals surface area (Å²) in [4.78, 5) is 5.47. The smallest absolute Gasteiger partial charge is 0.0262 e. The first-order valence-electron chi connectivity index (χ1n) is 6.47. The lowest BCUT2D eigenvalue weighted by Crippen LogP contribution is -1.70. The zero-order valence-corrected chi connectivity index (χ0v) is 12.5. The van der Waals surface area contributed by atoms with Gasteiger partial charge in [0, 0.05) is 19.6 Å². The summed E-state index contributed by atoms with van der Waals surface area (Å²) in [5.41, 5.74) is 0. The average molecular weight is 294 g/mol. The molecular formula is C18H14S2. The van der Waals surface area contributed by atoms with Crippen molar-refractivity contribution in [1.29, 1.82) is 0 Å². The van der Waals surface area contributed by atoms with E-state index in [0.717, 1.165) is 0 Å². The van der Waals surface area contributed by atoms with Crippen LogP contribution in [-0.2, 0) is 0 Å². The Kier molecular flexibility index (Phi) is 4.46. The highest BCUT2D eigenvalue weighted by Crippen LogP contribution is 2.47. The Bertz CT molecular complexity index is 605. The number of rotatable bonds is 2. The van der Waals surface area contributed by atoms with Crippen LogP contribution in [0.3, 0.4) is 0 Å². The molecule has 0 amide bonds. The van der Waals surface area contributed by atoms with Gasteiger partial charge in [-0.3, -0.25) is 0 Å². The Morgan fingerprint density at radius 2 is 0.900 bits per heavy atom. The van der Waals surface area contributed by atoms with Crippen LogP contribution in [0.2, 0.25) is 0 Å². The van der Waals surface area contributed by atoms with Crippen LogP contribution < -0.4 is 0 Å². The zero-order chi connectivity index (χ0) is 13.6. The van der Waals surface area contributed by atoms with E-state index in [-0.39, 0.29) is 0 Å². The zero-order valence-electron chi connectivity index (χ0n) is 10.9. The molecule has 1 aliphatic heterocycles. The highest BCUT2D eigenvalue weighted by Gasteiger charge is 2.14. The fourth-order valence-corrected chi connectivity index (χ4v) is 3.20. The first-order valence-corrected chi connectivity index (χ1v) is 8.10. The summed E-state index contributed by atoms with van der Waals surface area (Å²) in [6.07, 6.45) is 0. The standard InChI is InChI=1S/C12H10S.C6H4S/c1-3-7-11(8-4-1)13-12-9-5-2-6-10-12;1-2-4-6-5(3-1)7-6/h1-10H;1-4H. The number of benzene rings is 3. The molecule has 0 bridgehead atoms. The van der Waals surface area contributed by atoms with Crippen LogP contribution in [0.5, 0.6) is 0 Å². The predicted octanol–water partition coefficient (Wildman–Crippen LogP) is 5.99. The number of fused-ring (bicyclic) bond motifs is 1. The Labute approximate surface area is 128 Å². The Morgan fingerprint density at radius 1 is 0.500 bits per heavy atom. The Balaban J connectivity index is 0.000000144. The van der Waals surface area contributed by atoms with Gasteiger partial charge in [0.25, 0.3) is 0 Å². The van der Waals surface area contributed by atoms with E-state index in [4.69, 9.17) is 0 Å². The van der Waals surface area contributed by atoms with Crippen molar-refractivity contribution in [3.63, 3.8) is 0 Å². The molecule has 0 unspecified atom stereocenters. The van der Waals surface area contributed by atoms with E-state index in [0.29, 0.717) is 0 Å². The second kappa shape index (κ2) is 6.69. The van der Waals surface area contributed by atoms with Crippen molar-refractivity contribution in [3.8, 4) is 0 Å². The lowest BCUT2D eigenvalue weighted by Gasteiger charge is -1.99. The summed E-state index contributed by atoms with van der Waals surface area (Å²) >= 11 is 3.65. The molecule has 0 nitrogen and oxygen atoms in total. The van der Waals surface area contributed by atoms with Gasteiger partial charge >= 0.3 is 0 Å². The van der Waals surface area contributed by atoms with Crippen LogP contribution in [0.15, 0.2) is 105 Å². The molecule has 1 heterocycles. The summed E-state index contributed by atoms with van der Waals surface area (Å²) < 4.78 is 0. The molecule has 3 aromatic rings. The van der Waals surface area contributed by atoms with E-state index in [1.165, 1.54) is 19.6 Å². The minimum Gasteiger partial charge on any atom is -0.0901 e. The van der Waals surface area contributed by atoms with Crippen molar-refractivity contribution in [2.45, 2.75) is 19.6 Å². The van der Waals surface area contributed by atoms with Gasteiger partial charge in [-0.05, 0) is 36.4 Å². The molecule has 1 aliphatic rings. The summed E-state index contributed by atoms with van der Waals surface area (Å²) in [6.45, 7) is 0. The van der Waals surface area contributed by atoms with Gasteiger partial charge in [0.1, 0.15) is 0 Å². The molecule has 0 saturated heterocycles.